The number of rotatable bonds is 5. The molecule has 2 rings (SSSR count). The Morgan fingerprint density at radius 2 is 2.00 bits per heavy atom. The van der Waals surface area contributed by atoms with Crippen LogP contribution in [0.3, 0.4) is 0 Å². The average molecular weight is 284 g/mol. The number of hydrogen-bond donors (Lipinski definition) is 2. The van der Waals surface area contributed by atoms with Crippen molar-refractivity contribution in [1.29, 1.82) is 0 Å². The van der Waals surface area contributed by atoms with Crippen molar-refractivity contribution in [3.63, 3.8) is 0 Å². The summed E-state index contributed by atoms with van der Waals surface area (Å²) in [6.07, 6.45) is 2.14. The predicted molar refractivity (Wildman–Crippen MR) is 73.8 cm³/mol. The number of hydrogen-bond acceptors (Lipinski definition) is 4. The first-order valence-electron chi connectivity index (χ1n) is 6.49. The Balaban J connectivity index is 2.07. The maximum absolute atomic E-state index is 11.9. The quantitative estimate of drug-likeness (QED) is 0.845. The molecule has 1 aliphatic heterocycles. The SMILES string of the molecule is CNS(=O)(=O)c1ccccc1OCC1CCNCC1. The van der Waals surface area contributed by atoms with Crippen LogP contribution in [0.5, 0.6) is 5.75 Å². The molecule has 19 heavy (non-hydrogen) atoms. The first-order valence-corrected chi connectivity index (χ1v) is 7.98. The van der Waals surface area contributed by atoms with E-state index in [4.69, 9.17) is 4.74 Å². The van der Waals surface area contributed by atoms with E-state index in [0.717, 1.165) is 25.9 Å². The van der Waals surface area contributed by atoms with Gasteiger partial charge in [0.1, 0.15) is 10.6 Å². The van der Waals surface area contributed by atoms with E-state index in [0.29, 0.717) is 18.3 Å². The van der Waals surface area contributed by atoms with Gasteiger partial charge in [0, 0.05) is 0 Å². The molecule has 0 amide bonds. The highest BCUT2D eigenvalue weighted by molar-refractivity contribution is 7.89. The molecule has 1 aromatic rings. The van der Waals surface area contributed by atoms with Crippen molar-refractivity contribution in [1.82, 2.24) is 10.0 Å². The van der Waals surface area contributed by atoms with Gasteiger partial charge in [0.05, 0.1) is 6.61 Å². The van der Waals surface area contributed by atoms with E-state index in [1.807, 2.05) is 0 Å². The molecule has 0 saturated carbocycles. The summed E-state index contributed by atoms with van der Waals surface area (Å²) in [6.45, 7) is 2.58. The second-order valence-corrected chi connectivity index (χ2v) is 6.51. The molecule has 6 heteroatoms. The predicted octanol–water partition coefficient (Wildman–Crippen LogP) is 0.973. The van der Waals surface area contributed by atoms with Crippen LogP contribution >= 0.6 is 0 Å². The molecular formula is C13H20N2O3S. The Bertz CT molecular complexity index is 510. The highest BCUT2D eigenvalue weighted by Crippen LogP contribution is 2.24. The van der Waals surface area contributed by atoms with E-state index in [9.17, 15) is 8.42 Å². The Morgan fingerprint density at radius 3 is 2.68 bits per heavy atom. The molecule has 2 N–H and O–H groups in total. The van der Waals surface area contributed by atoms with E-state index in [1.54, 1.807) is 24.3 Å². The van der Waals surface area contributed by atoms with Crippen molar-refractivity contribution in [2.45, 2.75) is 17.7 Å². The maximum Gasteiger partial charge on any atom is 0.243 e. The number of sulfonamides is 1. The smallest absolute Gasteiger partial charge is 0.243 e. The third kappa shape index (κ3) is 3.68. The van der Waals surface area contributed by atoms with Crippen LogP contribution in [0.15, 0.2) is 29.2 Å². The van der Waals surface area contributed by atoms with Crippen LogP contribution < -0.4 is 14.8 Å². The minimum atomic E-state index is -3.47. The lowest BCUT2D eigenvalue weighted by Gasteiger charge is -2.23. The van der Waals surface area contributed by atoms with E-state index < -0.39 is 10.0 Å². The van der Waals surface area contributed by atoms with Gasteiger partial charge < -0.3 is 10.1 Å². The second-order valence-electron chi connectivity index (χ2n) is 4.66. The third-order valence-corrected chi connectivity index (χ3v) is 4.79. The molecule has 1 heterocycles. The van der Waals surface area contributed by atoms with Crippen LogP contribution in [-0.2, 0) is 10.0 Å². The average Bonchev–Trinajstić information content (AvgIpc) is 2.46. The lowest BCUT2D eigenvalue weighted by atomic mass is 9.99. The zero-order chi connectivity index (χ0) is 13.7. The van der Waals surface area contributed by atoms with Crippen molar-refractivity contribution in [3.8, 4) is 5.75 Å². The van der Waals surface area contributed by atoms with Gasteiger partial charge in [-0.25, -0.2) is 13.1 Å². The molecule has 1 aromatic carbocycles. The van der Waals surface area contributed by atoms with Gasteiger partial charge in [0.15, 0.2) is 0 Å². The molecule has 0 unspecified atom stereocenters. The zero-order valence-electron chi connectivity index (χ0n) is 11.1. The first-order chi connectivity index (χ1) is 9.13. The molecule has 106 valence electrons. The molecule has 0 atom stereocenters. The minimum absolute atomic E-state index is 0.200. The summed E-state index contributed by atoms with van der Waals surface area (Å²) in [5, 5.41) is 3.30. The summed E-state index contributed by atoms with van der Waals surface area (Å²) in [4.78, 5) is 0.200. The first kappa shape index (κ1) is 14.3. The van der Waals surface area contributed by atoms with Gasteiger partial charge in [0.25, 0.3) is 0 Å². The van der Waals surface area contributed by atoms with Crippen molar-refractivity contribution in [2.24, 2.45) is 5.92 Å². The van der Waals surface area contributed by atoms with Crippen LogP contribution in [0.25, 0.3) is 0 Å². The normalized spacial score (nSPS) is 17.3. The monoisotopic (exact) mass is 284 g/mol. The van der Waals surface area contributed by atoms with Crippen LogP contribution in [0.4, 0.5) is 0 Å². The summed E-state index contributed by atoms with van der Waals surface area (Å²) in [5.74, 6) is 0.918. The zero-order valence-corrected chi connectivity index (χ0v) is 11.9. The molecule has 0 aromatic heterocycles. The highest BCUT2D eigenvalue weighted by Gasteiger charge is 2.19. The second kappa shape index (κ2) is 6.36. The van der Waals surface area contributed by atoms with Crippen molar-refractivity contribution < 1.29 is 13.2 Å². The summed E-state index contributed by atoms with van der Waals surface area (Å²) in [7, 11) is -2.07. The van der Waals surface area contributed by atoms with Gasteiger partial charge in [-0.2, -0.15) is 0 Å². The summed E-state index contributed by atoms with van der Waals surface area (Å²) < 4.78 is 31.8. The lowest BCUT2D eigenvalue weighted by Crippen LogP contribution is -2.30. The molecule has 1 saturated heterocycles. The van der Waals surface area contributed by atoms with Gasteiger partial charge in [0.2, 0.25) is 10.0 Å². The number of benzene rings is 1. The van der Waals surface area contributed by atoms with Gasteiger partial charge in [-0.15, -0.1) is 0 Å². The lowest BCUT2D eigenvalue weighted by molar-refractivity contribution is 0.211. The largest absolute Gasteiger partial charge is 0.492 e. The van der Waals surface area contributed by atoms with E-state index in [-0.39, 0.29) is 4.90 Å². The molecule has 0 radical (unpaired) electrons. The van der Waals surface area contributed by atoms with Crippen LogP contribution in [-0.4, -0.2) is 35.2 Å². The third-order valence-electron chi connectivity index (χ3n) is 3.34. The van der Waals surface area contributed by atoms with Crippen molar-refractivity contribution in [3.05, 3.63) is 24.3 Å². The topological polar surface area (TPSA) is 67.4 Å². The number of ether oxygens (including phenoxy) is 1. The highest BCUT2D eigenvalue weighted by atomic mass is 32.2. The van der Waals surface area contributed by atoms with Gasteiger partial charge in [-0.05, 0) is 51.0 Å². The van der Waals surface area contributed by atoms with Gasteiger partial charge in [-0.3, -0.25) is 0 Å². The standard InChI is InChI=1S/C13H20N2O3S/c1-14-19(16,17)13-5-3-2-4-12(13)18-10-11-6-8-15-9-7-11/h2-5,11,14-15H,6-10H2,1H3. The molecule has 1 fully saturated rings. The van der Waals surface area contributed by atoms with Crippen molar-refractivity contribution >= 4 is 10.0 Å². The summed E-state index contributed by atoms with van der Waals surface area (Å²) >= 11 is 0. The summed E-state index contributed by atoms with van der Waals surface area (Å²) in [6, 6.07) is 6.74. The van der Waals surface area contributed by atoms with Crippen molar-refractivity contribution in [2.75, 3.05) is 26.7 Å². The fourth-order valence-corrected chi connectivity index (χ4v) is 3.03. The minimum Gasteiger partial charge on any atom is -0.492 e. The molecule has 5 nitrogen and oxygen atoms in total. The fourth-order valence-electron chi connectivity index (χ4n) is 2.16. The molecule has 0 bridgehead atoms. The molecule has 1 aliphatic rings. The number of piperidine rings is 1. The van der Waals surface area contributed by atoms with Gasteiger partial charge in [-0.1, -0.05) is 12.1 Å². The Kier molecular flexibility index (Phi) is 4.79. The van der Waals surface area contributed by atoms with Gasteiger partial charge >= 0.3 is 0 Å². The molecule has 0 aliphatic carbocycles. The number of para-hydroxylation sites is 1. The maximum atomic E-state index is 11.9. The number of nitrogens with one attached hydrogen (secondary N) is 2. The molecule has 0 spiro atoms. The Labute approximate surface area is 114 Å². The van der Waals surface area contributed by atoms with Crippen LogP contribution in [0, 0.1) is 5.92 Å². The molecular weight excluding hydrogens is 264 g/mol. The van der Waals surface area contributed by atoms with Crippen LogP contribution in [0.1, 0.15) is 12.8 Å². The van der Waals surface area contributed by atoms with Crippen LogP contribution in [0.2, 0.25) is 0 Å². The summed E-state index contributed by atoms with van der Waals surface area (Å²) in [5.41, 5.74) is 0. The fraction of sp³-hybridized carbons (Fsp3) is 0.538. The Morgan fingerprint density at radius 1 is 1.32 bits per heavy atom. The van der Waals surface area contributed by atoms with E-state index >= 15 is 0 Å². The van der Waals surface area contributed by atoms with E-state index in [1.165, 1.54) is 7.05 Å². The Hall–Kier alpha value is -1.11. The van der Waals surface area contributed by atoms with E-state index in [2.05, 4.69) is 10.0 Å².